The minimum Gasteiger partial charge on any atom is -0.459 e. The first-order chi connectivity index (χ1) is 28.9. The highest BCUT2D eigenvalue weighted by Gasteiger charge is 2.54. The van der Waals surface area contributed by atoms with Crippen LogP contribution < -0.4 is 0 Å². The summed E-state index contributed by atoms with van der Waals surface area (Å²) in [5, 5.41) is 46.4. The minimum atomic E-state index is -2.00. The number of ether oxygens (including phenoxy) is 7. The molecular weight excluding hydrogens is 807 g/mol. The maximum absolute atomic E-state index is 14.4. The molecular formula is C45H81N3O14. The van der Waals surface area contributed by atoms with E-state index >= 15 is 0 Å². The van der Waals surface area contributed by atoms with Crippen LogP contribution in [0, 0.1) is 23.7 Å². The summed E-state index contributed by atoms with van der Waals surface area (Å²) in [6, 6.07) is -0.673. The molecule has 0 unspecified atom stereocenters. The molecule has 360 valence electrons. The summed E-state index contributed by atoms with van der Waals surface area (Å²) in [5.41, 5.74) is -4.41. The highest BCUT2D eigenvalue weighted by Crippen LogP contribution is 2.42. The first kappa shape index (κ1) is 52.8. The third-order valence-electron chi connectivity index (χ3n) is 14.8. The van der Waals surface area contributed by atoms with Crippen molar-refractivity contribution >= 4 is 17.7 Å². The minimum absolute atomic E-state index is 0.0513. The van der Waals surface area contributed by atoms with Crippen molar-refractivity contribution in [3.8, 4) is 0 Å². The molecule has 0 aromatic heterocycles. The maximum atomic E-state index is 14.4. The number of cyclic esters (lactones) is 1. The Morgan fingerprint density at radius 1 is 0.839 bits per heavy atom. The van der Waals surface area contributed by atoms with E-state index in [0.29, 0.717) is 6.42 Å². The molecule has 0 aliphatic carbocycles. The highest BCUT2D eigenvalue weighted by molar-refractivity contribution is 5.83. The fourth-order valence-electron chi connectivity index (χ4n) is 10.2. The quantitative estimate of drug-likeness (QED) is 0.219. The van der Waals surface area contributed by atoms with Crippen molar-refractivity contribution in [2.45, 2.75) is 186 Å². The summed E-state index contributed by atoms with van der Waals surface area (Å²) in [6.45, 7) is 23.4. The zero-order valence-electron chi connectivity index (χ0n) is 39.9. The zero-order chi connectivity index (χ0) is 46.6. The number of amides is 1. The van der Waals surface area contributed by atoms with Crippen LogP contribution in [-0.4, -0.2) is 198 Å². The van der Waals surface area contributed by atoms with Crippen LogP contribution in [0.2, 0.25) is 0 Å². The first-order valence-electron chi connectivity index (χ1n) is 22.8. The molecule has 0 bridgehead atoms. The Morgan fingerprint density at radius 2 is 1.44 bits per heavy atom. The predicted molar refractivity (Wildman–Crippen MR) is 229 cm³/mol. The molecule has 62 heavy (non-hydrogen) atoms. The second-order valence-electron chi connectivity index (χ2n) is 19.4. The van der Waals surface area contributed by atoms with E-state index in [0.717, 1.165) is 32.7 Å². The van der Waals surface area contributed by atoms with E-state index in [1.165, 1.54) is 28.1 Å². The van der Waals surface area contributed by atoms with E-state index < -0.39 is 114 Å². The van der Waals surface area contributed by atoms with Gasteiger partial charge in [0.2, 0.25) is 5.91 Å². The van der Waals surface area contributed by atoms with Crippen molar-refractivity contribution < 1.29 is 68.0 Å². The van der Waals surface area contributed by atoms with E-state index in [9.17, 15) is 34.8 Å². The number of methoxy groups -OCH3 is 2. The molecule has 0 saturated carbocycles. The molecule has 17 nitrogen and oxygen atoms in total. The van der Waals surface area contributed by atoms with Crippen LogP contribution in [0.25, 0.3) is 0 Å². The van der Waals surface area contributed by atoms with E-state index in [2.05, 4.69) is 16.7 Å². The van der Waals surface area contributed by atoms with Crippen molar-refractivity contribution in [1.29, 1.82) is 0 Å². The SMILES string of the molecule is CC[C@H]1OC(=O)[C@H](C)[C@@H](O[C@H]2C[C@@](C)(OC)[C@@H](O)[C@H](C)O2)[C@H](C)[C@@H](O[C@@H]2O[C@H](C)C[C@H](N(C)C(=O)CN3CCN(CC)CC3)[C@H]2O)[C@@](C)(OC)C[C@@H](C)C(=O)[C@H](C)[C@@H](O)[C@]1(C)O. The fourth-order valence-corrected chi connectivity index (χ4v) is 10.2. The number of nitrogens with zero attached hydrogens (tertiary/aromatic N) is 3. The third kappa shape index (κ3) is 11.6. The van der Waals surface area contributed by atoms with Gasteiger partial charge in [-0.1, -0.05) is 34.6 Å². The Balaban J connectivity index is 1.78. The van der Waals surface area contributed by atoms with E-state index in [4.69, 9.17) is 33.2 Å². The summed E-state index contributed by atoms with van der Waals surface area (Å²) in [5.74, 6) is -4.92. The highest BCUT2D eigenvalue weighted by atomic mass is 16.7. The third-order valence-corrected chi connectivity index (χ3v) is 14.8. The summed E-state index contributed by atoms with van der Waals surface area (Å²) >= 11 is 0. The number of carbonyl (C=O) groups is 3. The van der Waals surface area contributed by atoms with Crippen molar-refractivity contribution in [1.82, 2.24) is 14.7 Å². The van der Waals surface area contributed by atoms with Gasteiger partial charge in [-0.15, -0.1) is 0 Å². The van der Waals surface area contributed by atoms with E-state index in [1.54, 1.807) is 53.5 Å². The number of hydrogen-bond acceptors (Lipinski definition) is 16. The van der Waals surface area contributed by atoms with Crippen LogP contribution in [-0.2, 0) is 47.5 Å². The Labute approximate surface area is 370 Å². The molecule has 4 aliphatic heterocycles. The number of esters is 1. The molecule has 18 atom stereocenters. The van der Waals surface area contributed by atoms with Gasteiger partial charge in [-0.3, -0.25) is 19.3 Å². The molecule has 4 N–H and O–H groups in total. The average molecular weight is 888 g/mol. The number of piperazine rings is 1. The summed E-state index contributed by atoms with van der Waals surface area (Å²) in [7, 11) is 4.67. The van der Waals surface area contributed by atoms with Crippen LogP contribution >= 0.6 is 0 Å². The lowest BCUT2D eigenvalue weighted by Crippen LogP contribution is -2.62. The van der Waals surface area contributed by atoms with Gasteiger partial charge in [0.25, 0.3) is 0 Å². The number of ketones is 1. The van der Waals surface area contributed by atoms with Crippen LogP contribution in [0.15, 0.2) is 0 Å². The van der Waals surface area contributed by atoms with Gasteiger partial charge >= 0.3 is 5.97 Å². The molecule has 4 aliphatic rings. The van der Waals surface area contributed by atoms with Crippen molar-refractivity contribution in [3.63, 3.8) is 0 Å². The van der Waals surface area contributed by atoms with Crippen molar-refractivity contribution in [3.05, 3.63) is 0 Å². The average Bonchev–Trinajstić information content (AvgIpc) is 3.24. The number of aliphatic hydroxyl groups is 4. The smallest absolute Gasteiger partial charge is 0.311 e. The molecule has 0 spiro atoms. The second-order valence-corrected chi connectivity index (χ2v) is 19.4. The van der Waals surface area contributed by atoms with Gasteiger partial charge in [-0.2, -0.15) is 0 Å². The largest absolute Gasteiger partial charge is 0.459 e. The number of carbonyl (C=O) groups excluding carboxylic acids is 3. The van der Waals surface area contributed by atoms with Gasteiger partial charge in [-0.25, -0.2) is 0 Å². The maximum Gasteiger partial charge on any atom is 0.311 e. The Hall–Kier alpha value is -1.87. The van der Waals surface area contributed by atoms with Gasteiger partial charge in [-0.05, 0) is 67.3 Å². The molecule has 1 amide bonds. The lowest BCUT2D eigenvalue weighted by atomic mass is 9.74. The molecule has 0 aromatic rings. The van der Waals surface area contributed by atoms with Gasteiger partial charge in [0.05, 0.1) is 60.2 Å². The van der Waals surface area contributed by atoms with Crippen LogP contribution in [0.4, 0.5) is 0 Å². The molecule has 4 heterocycles. The Kier molecular flexibility index (Phi) is 18.4. The Morgan fingerprint density at radius 3 is 2.00 bits per heavy atom. The molecule has 17 heteroatoms. The standard InChI is InChI=1S/C45H81N3O14/c1-15-32-45(11,55)38(52)27(5)35(50)25(3)22-44(10,57-14)40(28(6)37(29(7)41(54)60-32)61-34-23-43(9,56-13)39(53)30(8)59-34)62-42-36(51)31(21-26(4)58-42)46(12)33(49)24-48-19-17-47(16-2)18-20-48/h25-32,34,36-40,42,51-53,55H,15-24H2,1-14H3/t25-,26-,27+,28+,29-,30+,31+,32-,34+,36-,37+,38-,39+,40-,42+,43-,44+,45-/m1/s1. The summed E-state index contributed by atoms with van der Waals surface area (Å²) in [4.78, 5) is 48.4. The Bertz CT molecular complexity index is 1480. The molecule has 0 aromatic carbocycles. The molecule has 4 rings (SSSR count). The van der Waals surface area contributed by atoms with Gasteiger partial charge < -0.3 is 63.4 Å². The van der Waals surface area contributed by atoms with Crippen molar-refractivity contribution in [2.75, 3.05) is 60.5 Å². The lowest BCUT2D eigenvalue weighted by Gasteiger charge is -2.50. The van der Waals surface area contributed by atoms with Crippen molar-refractivity contribution in [2.24, 2.45) is 23.7 Å². The van der Waals surface area contributed by atoms with Crippen LogP contribution in [0.5, 0.6) is 0 Å². The molecule has 0 radical (unpaired) electrons. The number of hydrogen-bond donors (Lipinski definition) is 4. The summed E-state index contributed by atoms with van der Waals surface area (Å²) < 4.78 is 44.4. The van der Waals surface area contributed by atoms with Gasteiger partial charge in [0.1, 0.15) is 29.7 Å². The normalized spacial score (nSPS) is 45.0. The van der Waals surface area contributed by atoms with Gasteiger partial charge in [0, 0.05) is 71.6 Å². The van der Waals surface area contributed by atoms with Crippen LogP contribution in [0.3, 0.4) is 0 Å². The predicted octanol–water partition coefficient (Wildman–Crippen LogP) is 1.97. The molecule has 4 saturated heterocycles. The lowest BCUT2D eigenvalue weighted by molar-refractivity contribution is -0.319. The number of likely N-dealkylation sites (N-methyl/N-ethyl adjacent to an activating group) is 2. The van der Waals surface area contributed by atoms with E-state index in [1.807, 2.05) is 13.8 Å². The number of aliphatic hydroxyl groups excluding tert-OH is 3. The fraction of sp³-hybridized carbons (Fsp3) is 0.933. The number of Topliss-reactive ketones (excluding diaryl/α,β-unsaturated/α-hetero) is 1. The molecule has 4 fully saturated rings. The monoisotopic (exact) mass is 888 g/mol. The van der Waals surface area contributed by atoms with E-state index in [-0.39, 0.29) is 37.5 Å². The number of rotatable bonds is 11. The topological polar surface area (TPSA) is 206 Å². The zero-order valence-corrected chi connectivity index (χ0v) is 39.9. The summed E-state index contributed by atoms with van der Waals surface area (Å²) in [6.07, 6.45) is -10.1. The van der Waals surface area contributed by atoms with Crippen LogP contribution in [0.1, 0.15) is 102 Å². The van der Waals surface area contributed by atoms with Gasteiger partial charge in [0.15, 0.2) is 12.6 Å². The first-order valence-corrected chi connectivity index (χ1v) is 22.8. The second kappa shape index (κ2) is 21.6.